The molecular formula is C19H12BrCl3N2O5S. The lowest BCUT2D eigenvalue weighted by Crippen LogP contribution is -2.23. The Hall–Kier alpha value is -1.88. The van der Waals surface area contributed by atoms with E-state index in [1.165, 1.54) is 24.3 Å². The fourth-order valence-electron chi connectivity index (χ4n) is 2.45. The Kier molecular flexibility index (Phi) is 7.46. The van der Waals surface area contributed by atoms with Crippen molar-refractivity contribution in [3.8, 4) is 11.5 Å². The Morgan fingerprint density at radius 3 is 2.13 bits per heavy atom. The third kappa shape index (κ3) is 5.88. The number of nitrogens with zero attached hydrogens (tertiary/aromatic N) is 1. The standard InChI is InChI=1S/C19H12BrCl3N2O5S/c20-12-3-1-11(2-4-12)10-24-31(28,29)14-8-16(22)19(17(23)9-14)30-18-6-5-13(25(26)27)7-15(18)21/h1-9,24H,10H2. The predicted molar refractivity (Wildman–Crippen MR) is 123 cm³/mol. The number of nitrogens with one attached hydrogen (secondary N) is 1. The van der Waals surface area contributed by atoms with Crippen LogP contribution in [0.1, 0.15) is 5.56 Å². The molecule has 0 atom stereocenters. The maximum Gasteiger partial charge on any atom is 0.271 e. The SMILES string of the molecule is O=[N+]([O-])c1ccc(Oc2c(Cl)cc(S(=O)(=O)NCc3ccc(Br)cc3)cc2Cl)c(Cl)c1. The van der Waals surface area contributed by atoms with Gasteiger partial charge in [0.25, 0.3) is 5.69 Å². The van der Waals surface area contributed by atoms with Crippen LogP contribution in [0.15, 0.2) is 64.0 Å². The molecule has 0 unspecified atom stereocenters. The summed E-state index contributed by atoms with van der Waals surface area (Å²) in [7, 11) is -3.91. The average molecular weight is 567 g/mol. The lowest BCUT2D eigenvalue weighted by atomic mass is 10.2. The predicted octanol–water partition coefficient (Wildman–Crippen LogP) is 6.59. The van der Waals surface area contributed by atoms with Crippen LogP contribution in [0.2, 0.25) is 15.1 Å². The third-order valence-electron chi connectivity index (χ3n) is 4.00. The highest BCUT2D eigenvalue weighted by molar-refractivity contribution is 9.10. The first-order chi connectivity index (χ1) is 14.6. The zero-order chi connectivity index (χ0) is 22.8. The van der Waals surface area contributed by atoms with Gasteiger partial charge in [-0.1, -0.05) is 62.9 Å². The number of non-ortho nitro benzene ring substituents is 1. The van der Waals surface area contributed by atoms with Crippen molar-refractivity contribution < 1.29 is 18.1 Å². The molecule has 3 aromatic rings. The van der Waals surface area contributed by atoms with E-state index < -0.39 is 14.9 Å². The molecule has 0 heterocycles. The molecule has 0 saturated carbocycles. The van der Waals surface area contributed by atoms with Crippen molar-refractivity contribution in [1.82, 2.24) is 4.72 Å². The van der Waals surface area contributed by atoms with Crippen LogP contribution in [-0.2, 0) is 16.6 Å². The smallest absolute Gasteiger partial charge is 0.271 e. The van der Waals surface area contributed by atoms with Crippen LogP contribution in [-0.4, -0.2) is 13.3 Å². The Bertz CT molecular complexity index is 1230. The Morgan fingerprint density at radius 2 is 1.58 bits per heavy atom. The summed E-state index contributed by atoms with van der Waals surface area (Å²) in [6.45, 7) is 0.0709. The van der Waals surface area contributed by atoms with E-state index >= 15 is 0 Å². The summed E-state index contributed by atoms with van der Waals surface area (Å²) in [5, 5.41) is 10.6. The van der Waals surface area contributed by atoms with Crippen LogP contribution in [0, 0.1) is 10.1 Å². The minimum atomic E-state index is -3.91. The average Bonchev–Trinajstić information content (AvgIpc) is 2.71. The molecule has 0 amide bonds. The molecule has 0 aromatic heterocycles. The molecule has 12 heteroatoms. The Labute approximate surface area is 201 Å². The molecule has 1 N–H and O–H groups in total. The fourth-order valence-corrected chi connectivity index (χ4v) is 4.69. The third-order valence-corrected chi connectivity index (χ3v) is 6.77. The number of benzene rings is 3. The van der Waals surface area contributed by atoms with Crippen LogP contribution in [0.25, 0.3) is 0 Å². The molecule has 0 aliphatic heterocycles. The first kappa shape index (κ1) is 23.8. The van der Waals surface area contributed by atoms with Gasteiger partial charge < -0.3 is 4.74 Å². The molecule has 0 aliphatic carbocycles. The van der Waals surface area contributed by atoms with Gasteiger partial charge in [-0.2, -0.15) is 0 Å². The van der Waals surface area contributed by atoms with Gasteiger partial charge in [0, 0.05) is 23.2 Å². The van der Waals surface area contributed by atoms with Crippen LogP contribution < -0.4 is 9.46 Å². The van der Waals surface area contributed by atoms with Gasteiger partial charge in [-0.05, 0) is 35.9 Å². The number of hydrogen-bond acceptors (Lipinski definition) is 5. The molecule has 31 heavy (non-hydrogen) atoms. The van der Waals surface area contributed by atoms with Crippen LogP contribution in [0.5, 0.6) is 11.5 Å². The van der Waals surface area contributed by atoms with E-state index in [4.69, 9.17) is 39.5 Å². The van der Waals surface area contributed by atoms with Crippen LogP contribution in [0.3, 0.4) is 0 Å². The highest BCUT2D eigenvalue weighted by atomic mass is 79.9. The van der Waals surface area contributed by atoms with Gasteiger partial charge in [-0.25, -0.2) is 13.1 Å². The molecule has 0 saturated heterocycles. The largest absolute Gasteiger partial charge is 0.453 e. The van der Waals surface area contributed by atoms with Gasteiger partial charge in [0.1, 0.15) is 5.75 Å². The summed E-state index contributed by atoms with van der Waals surface area (Å²) in [6.07, 6.45) is 0. The molecule has 0 spiro atoms. The topological polar surface area (TPSA) is 98.5 Å². The molecule has 0 radical (unpaired) electrons. The molecular weight excluding hydrogens is 555 g/mol. The molecule has 7 nitrogen and oxygen atoms in total. The monoisotopic (exact) mass is 564 g/mol. The first-order valence-corrected chi connectivity index (χ1v) is 11.8. The van der Waals surface area contributed by atoms with Crippen LogP contribution >= 0.6 is 50.7 Å². The van der Waals surface area contributed by atoms with E-state index in [9.17, 15) is 18.5 Å². The summed E-state index contributed by atoms with van der Waals surface area (Å²) in [5.41, 5.74) is 0.546. The second kappa shape index (κ2) is 9.72. The maximum absolute atomic E-state index is 12.6. The van der Waals surface area contributed by atoms with Gasteiger partial charge in [-0.15, -0.1) is 0 Å². The lowest BCUT2D eigenvalue weighted by molar-refractivity contribution is -0.384. The summed E-state index contributed by atoms with van der Waals surface area (Å²) in [5.74, 6) is 0.0333. The highest BCUT2D eigenvalue weighted by Gasteiger charge is 2.20. The van der Waals surface area contributed by atoms with Crippen molar-refractivity contribution in [2.24, 2.45) is 0 Å². The fraction of sp³-hybridized carbons (Fsp3) is 0.0526. The van der Waals surface area contributed by atoms with Crippen molar-refractivity contribution in [2.75, 3.05) is 0 Å². The van der Waals surface area contributed by atoms with E-state index in [0.717, 1.165) is 16.1 Å². The van der Waals surface area contributed by atoms with Gasteiger partial charge in [-0.3, -0.25) is 10.1 Å². The number of ether oxygens (including phenoxy) is 1. The molecule has 0 fully saturated rings. The number of halogens is 4. The zero-order valence-electron chi connectivity index (χ0n) is 15.3. The summed E-state index contributed by atoms with van der Waals surface area (Å²) >= 11 is 21.7. The molecule has 0 aliphatic rings. The minimum absolute atomic E-state index is 0.0332. The number of nitro groups is 1. The van der Waals surface area contributed by atoms with Gasteiger partial charge in [0.05, 0.1) is 24.9 Å². The van der Waals surface area contributed by atoms with Gasteiger partial charge in [0.15, 0.2) is 5.75 Å². The van der Waals surface area contributed by atoms with E-state index in [-0.39, 0.29) is 43.7 Å². The number of rotatable bonds is 7. The summed E-state index contributed by atoms with van der Waals surface area (Å²) in [6, 6.07) is 13.1. The van der Waals surface area contributed by atoms with E-state index in [2.05, 4.69) is 20.7 Å². The first-order valence-electron chi connectivity index (χ1n) is 8.42. The van der Waals surface area contributed by atoms with Crippen molar-refractivity contribution in [3.63, 3.8) is 0 Å². The van der Waals surface area contributed by atoms with Crippen molar-refractivity contribution >= 4 is 66.4 Å². The molecule has 162 valence electrons. The van der Waals surface area contributed by atoms with E-state index in [1.807, 2.05) is 0 Å². The number of nitro benzene ring substituents is 1. The van der Waals surface area contributed by atoms with Crippen LogP contribution in [0.4, 0.5) is 5.69 Å². The summed E-state index contributed by atoms with van der Waals surface area (Å²) in [4.78, 5) is 10.1. The quantitative estimate of drug-likeness (QED) is 0.257. The molecule has 3 rings (SSSR count). The molecule has 3 aromatic carbocycles. The van der Waals surface area contributed by atoms with Gasteiger partial charge in [0.2, 0.25) is 10.0 Å². The number of hydrogen-bond donors (Lipinski definition) is 1. The van der Waals surface area contributed by atoms with Crippen molar-refractivity contribution in [3.05, 3.63) is 89.8 Å². The van der Waals surface area contributed by atoms with Gasteiger partial charge >= 0.3 is 0 Å². The molecule has 0 bridgehead atoms. The van der Waals surface area contributed by atoms with E-state index in [1.54, 1.807) is 24.3 Å². The second-order valence-corrected chi connectivity index (χ2v) is 10.0. The summed E-state index contributed by atoms with van der Waals surface area (Å²) < 4.78 is 34.2. The highest BCUT2D eigenvalue weighted by Crippen LogP contribution is 2.41. The normalized spacial score (nSPS) is 11.4. The second-order valence-electron chi connectivity index (χ2n) is 6.14. The lowest BCUT2D eigenvalue weighted by Gasteiger charge is -2.13. The van der Waals surface area contributed by atoms with Crippen molar-refractivity contribution in [1.29, 1.82) is 0 Å². The van der Waals surface area contributed by atoms with Crippen molar-refractivity contribution in [2.45, 2.75) is 11.4 Å². The van der Waals surface area contributed by atoms with E-state index in [0.29, 0.717) is 0 Å². The minimum Gasteiger partial charge on any atom is -0.453 e. The number of sulfonamides is 1. The maximum atomic E-state index is 12.6. The Morgan fingerprint density at radius 1 is 0.968 bits per heavy atom. The zero-order valence-corrected chi connectivity index (χ0v) is 20.0. The Balaban J connectivity index is 1.82.